The summed E-state index contributed by atoms with van der Waals surface area (Å²) in [5.41, 5.74) is 0.102. The highest BCUT2D eigenvalue weighted by Gasteiger charge is 2.39. The van der Waals surface area contributed by atoms with E-state index in [9.17, 15) is 24.0 Å². The first-order valence-corrected chi connectivity index (χ1v) is 10.9. The molecule has 32 heavy (non-hydrogen) atoms. The second kappa shape index (κ2) is 12.2. The summed E-state index contributed by atoms with van der Waals surface area (Å²) in [6.07, 6.45) is 1.04. The number of esters is 2. The van der Waals surface area contributed by atoms with Crippen molar-refractivity contribution >= 4 is 29.7 Å². The van der Waals surface area contributed by atoms with E-state index in [1.807, 2.05) is 13.8 Å². The zero-order chi connectivity index (χ0) is 24.6. The molecule has 0 aliphatic carbocycles. The Morgan fingerprint density at radius 1 is 1.06 bits per heavy atom. The third-order valence-corrected chi connectivity index (χ3v) is 4.92. The van der Waals surface area contributed by atoms with Gasteiger partial charge in [-0.05, 0) is 31.6 Å². The number of carbonyl (C=O) groups is 5. The number of likely N-dealkylation sites (tertiary alicyclic amines) is 1. The minimum Gasteiger partial charge on any atom is -0.460 e. The third kappa shape index (κ3) is 7.35. The SMILES string of the molecule is CCOC(=O)C(OC(C)=O)=C(NC(=O)[C@@H]1CCCN1C(=O)C(NC(C)=O)C(C)C)C(C)C. The molecule has 2 atom stereocenters. The first-order valence-electron chi connectivity index (χ1n) is 10.9. The highest BCUT2D eigenvalue weighted by atomic mass is 16.6. The molecule has 1 rings (SSSR count). The monoisotopic (exact) mass is 453 g/mol. The molecule has 0 radical (unpaired) electrons. The van der Waals surface area contributed by atoms with Crippen LogP contribution in [0.1, 0.15) is 61.3 Å². The number of ether oxygens (including phenoxy) is 2. The van der Waals surface area contributed by atoms with E-state index in [4.69, 9.17) is 9.47 Å². The van der Waals surface area contributed by atoms with Crippen LogP contribution in [0.4, 0.5) is 0 Å². The van der Waals surface area contributed by atoms with Gasteiger partial charge in [-0.25, -0.2) is 4.79 Å². The molecule has 0 aromatic rings. The molecule has 0 spiro atoms. The van der Waals surface area contributed by atoms with Crippen molar-refractivity contribution in [1.29, 1.82) is 0 Å². The topological polar surface area (TPSA) is 131 Å². The average molecular weight is 454 g/mol. The van der Waals surface area contributed by atoms with E-state index in [0.717, 1.165) is 6.92 Å². The van der Waals surface area contributed by atoms with Crippen LogP contribution in [0, 0.1) is 11.8 Å². The van der Waals surface area contributed by atoms with Gasteiger partial charge in [0.05, 0.1) is 12.3 Å². The molecule has 3 amide bonds. The molecule has 0 aromatic heterocycles. The number of hydrogen-bond acceptors (Lipinski definition) is 7. The summed E-state index contributed by atoms with van der Waals surface area (Å²) in [6.45, 7) is 11.6. The second-order valence-electron chi connectivity index (χ2n) is 8.31. The third-order valence-electron chi connectivity index (χ3n) is 4.92. The lowest BCUT2D eigenvalue weighted by Crippen LogP contribution is -2.55. The zero-order valence-electron chi connectivity index (χ0n) is 19.9. The van der Waals surface area contributed by atoms with Gasteiger partial charge in [-0.2, -0.15) is 0 Å². The Labute approximate surface area is 189 Å². The number of hydrogen-bond donors (Lipinski definition) is 2. The summed E-state index contributed by atoms with van der Waals surface area (Å²) in [5.74, 6) is -3.69. The maximum absolute atomic E-state index is 13.1. The van der Waals surface area contributed by atoms with Crippen molar-refractivity contribution in [2.45, 2.75) is 73.4 Å². The Morgan fingerprint density at radius 3 is 2.16 bits per heavy atom. The van der Waals surface area contributed by atoms with E-state index in [-0.39, 0.29) is 41.7 Å². The largest absolute Gasteiger partial charge is 0.460 e. The molecule has 1 unspecified atom stereocenters. The summed E-state index contributed by atoms with van der Waals surface area (Å²) in [4.78, 5) is 63.1. The van der Waals surface area contributed by atoms with Crippen molar-refractivity contribution in [1.82, 2.24) is 15.5 Å². The van der Waals surface area contributed by atoms with Crippen LogP contribution in [-0.2, 0) is 33.4 Å². The van der Waals surface area contributed by atoms with E-state index in [1.165, 1.54) is 11.8 Å². The summed E-state index contributed by atoms with van der Waals surface area (Å²) in [6, 6.07) is -1.54. The maximum atomic E-state index is 13.1. The molecule has 180 valence electrons. The highest BCUT2D eigenvalue weighted by Crippen LogP contribution is 2.22. The lowest BCUT2D eigenvalue weighted by Gasteiger charge is -2.30. The Kier molecular flexibility index (Phi) is 10.3. The van der Waals surface area contributed by atoms with Crippen LogP contribution in [0.3, 0.4) is 0 Å². The molecule has 1 aliphatic rings. The lowest BCUT2D eigenvalue weighted by molar-refractivity contribution is -0.150. The van der Waals surface area contributed by atoms with E-state index in [1.54, 1.807) is 20.8 Å². The fourth-order valence-corrected chi connectivity index (χ4v) is 3.44. The van der Waals surface area contributed by atoms with Gasteiger partial charge >= 0.3 is 11.9 Å². The van der Waals surface area contributed by atoms with Crippen LogP contribution in [0.15, 0.2) is 11.5 Å². The number of allylic oxidation sites excluding steroid dienone is 1. The van der Waals surface area contributed by atoms with E-state index >= 15 is 0 Å². The van der Waals surface area contributed by atoms with Crippen molar-refractivity contribution in [2.75, 3.05) is 13.2 Å². The Morgan fingerprint density at radius 2 is 1.69 bits per heavy atom. The van der Waals surface area contributed by atoms with Crippen molar-refractivity contribution in [2.24, 2.45) is 11.8 Å². The van der Waals surface area contributed by atoms with Gasteiger partial charge in [0.1, 0.15) is 12.1 Å². The Balaban J connectivity index is 3.21. The fourth-order valence-electron chi connectivity index (χ4n) is 3.44. The molecule has 0 bridgehead atoms. The molecular weight excluding hydrogens is 418 g/mol. The standard InChI is InChI=1S/C22H35N3O7/c1-8-31-22(30)19(32-15(7)27)17(12(2)3)24-20(28)16-10-9-11-25(16)21(29)18(13(4)5)23-14(6)26/h12-13,16,18H,8-11H2,1-7H3,(H,23,26)(H,24,28)/t16-,18?/m0/s1. The maximum Gasteiger partial charge on any atom is 0.376 e. The Bertz CT molecular complexity index is 773. The predicted molar refractivity (Wildman–Crippen MR) is 116 cm³/mol. The van der Waals surface area contributed by atoms with Gasteiger partial charge in [0.25, 0.3) is 0 Å². The summed E-state index contributed by atoms with van der Waals surface area (Å²) < 4.78 is 10.0. The first kappa shape index (κ1) is 27.1. The summed E-state index contributed by atoms with van der Waals surface area (Å²) in [7, 11) is 0. The van der Waals surface area contributed by atoms with Gasteiger partial charge in [0, 0.05) is 20.4 Å². The van der Waals surface area contributed by atoms with Gasteiger partial charge in [-0.1, -0.05) is 27.7 Å². The predicted octanol–water partition coefficient (Wildman–Crippen LogP) is 1.25. The van der Waals surface area contributed by atoms with E-state index in [2.05, 4.69) is 10.6 Å². The minimum absolute atomic E-state index is 0.0631. The zero-order valence-corrected chi connectivity index (χ0v) is 19.9. The molecule has 1 heterocycles. The number of nitrogens with one attached hydrogen (secondary N) is 2. The smallest absolute Gasteiger partial charge is 0.376 e. The first-order chi connectivity index (χ1) is 14.9. The van der Waals surface area contributed by atoms with Gasteiger partial charge in [-0.15, -0.1) is 0 Å². The normalized spacial score (nSPS) is 17.5. The molecule has 1 fully saturated rings. The van der Waals surface area contributed by atoms with Gasteiger partial charge in [0.15, 0.2) is 0 Å². The number of carbonyl (C=O) groups excluding carboxylic acids is 5. The molecule has 2 N–H and O–H groups in total. The molecule has 0 aromatic carbocycles. The van der Waals surface area contributed by atoms with Crippen LogP contribution in [-0.4, -0.2) is 59.8 Å². The van der Waals surface area contributed by atoms with Crippen molar-refractivity contribution in [3.05, 3.63) is 11.5 Å². The van der Waals surface area contributed by atoms with Gasteiger partial charge in [0.2, 0.25) is 23.5 Å². The fraction of sp³-hybridized carbons (Fsp3) is 0.682. The minimum atomic E-state index is -0.864. The van der Waals surface area contributed by atoms with Crippen molar-refractivity contribution < 1.29 is 33.4 Å². The molecule has 1 aliphatic heterocycles. The van der Waals surface area contributed by atoms with Crippen LogP contribution in [0.5, 0.6) is 0 Å². The molecule has 1 saturated heterocycles. The van der Waals surface area contributed by atoms with Crippen molar-refractivity contribution in [3.63, 3.8) is 0 Å². The van der Waals surface area contributed by atoms with Crippen LogP contribution < -0.4 is 10.6 Å². The summed E-state index contributed by atoms with van der Waals surface area (Å²) in [5, 5.41) is 5.33. The second-order valence-corrected chi connectivity index (χ2v) is 8.31. The highest BCUT2D eigenvalue weighted by molar-refractivity contribution is 5.95. The quantitative estimate of drug-likeness (QED) is 0.305. The number of rotatable bonds is 9. The molecule has 0 saturated carbocycles. The van der Waals surface area contributed by atoms with E-state index in [0.29, 0.717) is 19.4 Å². The number of nitrogens with zero attached hydrogens (tertiary/aromatic N) is 1. The Hall–Kier alpha value is -2.91. The average Bonchev–Trinajstić information content (AvgIpc) is 3.17. The summed E-state index contributed by atoms with van der Waals surface area (Å²) >= 11 is 0. The van der Waals surface area contributed by atoms with Crippen LogP contribution in [0.2, 0.25) is 0 Å². The van der Waals surface area contributed by atoms with Crippen LogP contribution in [0.25, 0.3) is 0 Å². The van der Waals surface area contributed by atoms with E-state index < -0.39 is 29.9 Å². The van der Waals surface area contributed by atoms with Crippen LogP contribution >= 0.6 is 0 Å². The molecular formula is C22H35N3O7. The lowest BCUT2D eigenvalue weighted by atomic mass is 10.0. The van der Waals surface area contributed by atoms with Gasteiger partial charge in [-0.3, -0.25) is 19.2 Å². The molecule has 10 nitrogen and oxygen atoms in total. The molecule has 10 heteroatoms. The van der Waals surface area contributed by atoms with Gasteiger partial charge < -0.3 is 25.0 Å². The number of amides is 3. The van der Waals surface area contributed by atoms with Crippen molar-refractivity contribution in [3.8, 4) is 0 Å².